The molecule has 1 aromatic carbocycles. The third-order valence-corrected chi connectivity index (χ3v) is 4.09. The van der Waals surface area contributed by atoms with Crippen LogP contribution >= 0.6 is 11.6 Å². The van der Waals surface area contributed by atoms with Crippen LogP contribution in [0.25, 0.3) is 11.3 Å². The lowest BCUT2D eigenvalue weighted by atomic mass is 9.74. The maximum Gasteiger partial charge on any atom is 0.153 e. The molecule has 6 nitrogen and oxygen atoms in total. The van der Waals surface area contributed by atoms with Crippen molar-refractivity contribution in [2.75, 3.05) is 7.11 Å². The van der Waals surface area contributed by atoms with E-state index in [-0.39, 0.29) is 23.7 Å². The van der Waals surface area contributed by atoms with Crippen LogP contribution in [-0.2, 0) is 12.1 Å². The molecule has 0 fully saturated rings. The molecule has 2 N–H and O–H groups in total. The molecule has 3 rings (SSSR count). The summed E-state index contributed by atoms with van der Waals surface area (Å²) in [6, 6.07) is 10.3. The number of nitrogens with zero attached hydrogens (tertiary/aromatic N) is 3. The molecule has 1 unspecified atom stereocenters. The second kappa shape index (κ2) is 7.41. The quantitative estimate of drug-likeness (QED) is 0.671. The molecule has 1 atom stereocenters. The van der Waals surface area contributed by atoms with Gasteiger partial charge in [-0.2, -0.15) is 0 Å². The summed E-state index contributed by atoms with van der Waals surface area (Å²) < 4.78 is 5.36. The van der Waals surface area contributed by atoms with Crippen LogP contribution in [0.2, 0.25) is 5.02 Å². The van der Waals surface area contributed by atoms with Crippen molar-refractivity contribution < 1.29 is 14.9 Å². The van der Waals surface area contributed by atoms with Gasteiger partial charge in [0.15, 0.2) is 5.82 Å². The van der Waals surface area contributed by atoms with Crippen LogP contribution in [-0.4, -0.2) is 40.1 Å². The van der Waals surface area contributed by atoms with Gasteiger partial charge in [-0.15, -0.1) is 0 Å². The Kier molecular flexibility index (Phi) is 5.22. The second-order valence-corrected chi connectivity index (χ2v) is 6.01. The van der Waals surface area contributed by atoms with Gasteiger partial charge in [0.2, 0.25) is 0 Å². The highest BCUT2D eigenvalue weighted by Gasteiger charge is 2.28. The molecule has 0 aliphatic rings. The Labute approximate surface area is 156 Å². The van der Waals surface area contributed by atoms with E-state index in [1.807, 2.05) is 6.07 Å². The topological polar surface area (TPSA) is 88.4 Å². The third kappa shape index (κ3) is 3.55. The molecular weight excluding hydrogens is 352 g/mol. The van der Waals surface area contributed by atoms with Gasteiger partial charge < -0.3 is 14.9 Å². The number of ether oxygens (including phenoxy) is 1. The van der Waals surface area contributed by atoms with E-state index in [9.17, 15) is 5.11 Å². The van der Waals surface area contributed by atoms with Crippen LogP contribution in [0.15, 0.2) is 48.8 Å². The van der Waals surface area contributed by atoms with Crippen molar-refractivity contribution in [1.82, 2.24) is 15.0 Å². The molecular formula is C18H15BClN3O3. The van der Waals surface area contributed by atoms with Gasteiger partial charge in [0.1, 0.15) is 25.9 Å². The number of pyridine rings is 1. The standard InChI is InChI=1S/C18H15BClN3O3/c1-26-14-5-6-15(23-17(14)11-3-2-4-13(20)7-11)18(19,25)12-8-21-16(10-24)22-9-12/h2-9,24-25H,10H2,1H3. The first-order chi connectivity index (χ1) is 12.5. The maximum atomic E-state index is 10.8. The molecule has 0 aliphatic carbocycles. The Morgan fingerprint density at radius 2 is 1.92 bits per heavy atom. The Morgan fingerprint density at radius 1 is 1.19 bits per heavy atom. The lowest BCUT2D eigenvalue weighted by Crippen LogP contribution is -2.29. The van der Waals surface area contributed by atoms with Gasteiger partial charge in [-0.3, -0.25) is 0 Å². The SMILES string of the molecule is [B]C(O)(c1cnc(CO)nc1)c1ccc(OC)c(-c2cccc(Cl)c2)n1. The maximum absolute atomic E-state index is 10.8. The third-order valence-electron chi connectivity index (χ3n) is 3.85. The van der Waals surface area contributed by atoms with Crippen LogP contribution < -0.4 is 4.74 Å². The lowest BCUT2D eigenvalue weighted by molar-refractivity contribution is 0.166. The van der Waals surface area contributed by atoms with E-state index in [1.165, 1.54) is 19.5 Å². The van der Waals surface area contributed by atoms with E-state index in [0.29, 0.717) is 16.5 Å². The van der Waals surface area contributed by atoms with Crippen molar-refractivity contribution in [3.05, 3.63) is 70.9 Å². The van der Waals surface area contributed by atoms with E-state index in [2.05, 4.69) is 15.0 Å². The Balaban J connectivity index is 2.08. The van der Waals surface area contributed by atoms with Gasteiger partial charge in [-0.1, -0.05) is 23.7 Å². The average Bonchev–Trinajstić information content (AvgIpc) is 2.67. The fourth-order valence-electron chi connectivity index (χ4n) is 2.45. The first kappa shape index (κ1) is 18.3. The molecule has 26 heavy (non-hydrogen) atoms. The van der Waals surface area contributed by atoms with Crippen LogP contribution in [0, 0.1) is 0 Å². The fraction of sp³-hybridized carbons (Fsp3) is 0.167. The van der Waals surface area contributed by atoms with E-state index in [4.69, 9.17) is 29.3 Å². The summed E-state index contributed by atoms with van der Waals surface area (Å²) in [6.45, 7) is -0.303. The zero-order chi connectivity index (χ0) is 18.7. The van der Waals surface area contributed by atoms with Crippen molar-refractivity contribution in [1.29, 1.82) is 0 Å². The second-order valence-electron chi connectivity index (χ2n) is 5.57. The van der Waals surface area contributed by atoms with E-state index in [1.54, 1.807) is 30.3 Å². The number of aliphatic hydroxyl groups excluding tert-OH is 1. The van der Waals surface area contributed by atoms with Crippen molar-refractivity contribution in [2.24, 2.45) is 0 Å². The Hall–Kier alpha value is -2.48. The molecule has 0 bridgehead atoms. The van der Waals surface area contributed by atoms with Gasteiger partial charge in [0.25, 0.3) is 0 Å². The molecule has 0 aliphatic heterocycles. The van der Waals surface area contributed by atoms with Crippen LogP contribution in [0.1, 0.15) is 17.1 Å². The Morgan fingerprint density at radius 3 is 2.54 bits per heavy atom. The van der Waals surface area contributed by atoms with E-state index < -0.39 is 5.50 Å². The monoisotopic (exact) mass is 367 g/mol. The summed E-state index contributed by atoms with van der Waals surface area (Å²) >= 11 is 6.06. The van der Waals surface area contributed by atoms with Gasteiger partial charge in [0.05, 0.1) is 18.3 Å². The molecule has 2 heterocycles. The molecule has 8 heteroatoms. The lowest BCUT2D eigenvalue weighted by Gasteiger charge is -2.24. The summed E-state index contributed by atoms with van der Waals surface area (Å²) in [6.07, 6.45) is 2.70. The molecule has 130 valence electrons. The molecule has 0 spiro atoms. The molecule has 0 saturated carbocycles. The Bertz CT molecular complexity index is 920. The summed E-state index contributed by atoms with van der Waals surface area (Å²) in [7, 11) is 7.63. The van der Waals surface area contributed by atoms with Gasteiger partial charge in [-0.05, 0) is 24.3 Å². The predicted molar refractivity (Wildman–Crippen MR) is 97.9 cm³/mol. The molecule has 2 radical (unpaired) electrons. The van der Waals surface area contributed by atoms with Gasteiger partial charge in [-0.25, -0.2) is 15.0 Å². The number of rotatable bonds is 5. The normalized spacial score (nSPS) is 13.2. The summed E-state index contributed by atoms with van der Waals surface area (Å²) in [5, 5.41) is 20.4. The first-order valence-electron chi connectivity index (χ1n) is 7.70. The minimum atomic E-state index is -1.92. The first-order valence-corrected chi connectivity index (χ1v) is 8.08. The highest BCUT2D eigenvalue weighted by atomic mass is 35.5. The van der Waals surface area contributed by atoms with Crippen molar-refractivity contribution in [2.45, 2.75) is 12.1 Å². The fourth-order valence-corrected chi connectivity index (χ4v) is 2.64. The minimum absolute atomic E-state index is 0.189. The predicted octanol–water partition coefficient (Wildman–Crippen LogP) is 2.05. The number of hydrogen-bond donors (Lipinski definition) is 2. The number of benzene rings is 1. The highest BCUT2D eigenvalue weighted by Crippen LogP contribution is 2.33. The van der Waals surface area contributed by atoms with Crippen LogP contribution in [0.3, 0.4) is 0 Å². The average molecular weight is 368 g/mol. The van der Waals surface area contributed by atoms with Gasteiger partial charge >= 0.3 is 0 Å². The number of aromatic nitrogens is 3. The minimum Gasteiger partial charge on any atom is -0.494 e. The molecule has 3 aromatic rings. The van der Waals surface area contributed by atoms with Crippen molar-refractivity contribution >= 4 is 19.4 Å². The zero-order valence-corrected chi connectivity index (χ0v) is 14.7. The van der Waals surface area contributed by atoms with E-state index >= 15 is 0 Å². The number of aliphatic hydroxyl groups is 2. The van der Waals surface area contributed by atoms with Gasteiger partial charge in [0, 0.05) is 28.5 Å². The number of halogens is 1. The zero-order valence-electron chi connectivity index (χ0n) is 13.9. The summed E-state index contributed by atoms with van der Waals surface area (Å²) in [4.78, 5) is 12.4. The van der Waals surface area contributed by atoms with Crippen LogP contribution in [0.4, 0.5) is 0 Å². The summed E-state index contributed by atoms with van der Waals surface area (Å²) in [5.74, 6) is 0.741. The largest absolute Gasteiger partial charge is 0.494 e. The molecule has 0 saturated heterocycles. The smallest absolute Gasteiger partial charge is 0.153 e. The summed E-state index contributed by atoms with van der Waals surface area (Å²) in [5.41, 5.74) is -0.283. The number of hydrogen-bond acceptors (Lipinski definition) is 6. The molecule has 0 amide bonds. The number of methoxy groups -OCH3 is 1. The van der Waals surface area contributed by atoms with Crippen molar-refractivity contribution in [3.63, 3.8) is 0 Å². The van der Waals surface area contributed by atoms with Crippen molar-refractivity contribution in [3.8, 4) is 17.0 Å². The molecule has 2 aromatic heterocycles. The van der Waals surface area contributed by atoms with Crippen LogP contribution in [0.5, 0.6) is 5.75 Å². The highest BCUT2D eigenvalue weighted by molar-refractivity contribution is 6.30. The van der Waals surface area contributed by atoms with E-state index in [0.717, 1.165) is 5.56 Å².